The Morgan fingerprint density at radius 1 is 1.00 bits per heavy atom. The second kappa shape index (κ2) is 6.52. The molecule has 130 valence electrons. The fourth-order valence-electron chi connectivity index (χ4n) is 4.15. The van der Waals surface area contributed by atoms with Crippen LogP contribution in [0.4, 0.5) is 0 Å². The van der Waals surface area contributed by atoms with Crippen molar-refractivity contribution in [3.63, 3.8) is 0 Å². The van der Waals surface area contributed by atoms with E-state index in [-0.39, 0.29) is 18.0 Å². The van der Waals surface area contributed by atoms with Crippen LogP contribution < -0.4 is 4.74 Å². The summed E-state index contributed by atoms with van der Waals surface area (Å²) in [4.78, 5) is 16.8. The maximum absolute atomic E-state index is 12.4. The third-order valence-electron chi connectivity index (χ3n) is 5.57. The highest BCUT2D eigenvalue weighted by Gasteiger charge is 2.38. The van der Waals surface area contributed by atoms with Crippen LogP contribution >= 0.6 is 0 Å². The predicted octanol–water partition coefficient (Wildman–Crippen LogP) is 2.87. The fourth-order valence-corrected chi connectivity index (χ4v) is 4.15. The normalized spacial score (nSPS) is 23.6. The van der Waals surface area contributed by atoms with Gasteiger partial charge in [0, 0.05) is 32.6 Å². The maximum atomic E-state index is 12.4. The molecule has 0 N–H and O–H groups in total. The zero-order valence-electron chi connectivity index (χ0n) is 14.8. The first-order valence-corrected chi connectivity index (χ1v) is 8.89. The molecular formula is C21H24N2O2. The summed E-state index contributed by atoms with van der Waals surface area (Å²) >= 11 is 0. The lowest BCUT2D eigenvalue weighted by molar-refractivity contribution is -0.129. The van der Waals surface area contributed by atoms with Crippen LogP contribution in [0.1, 0.15) is 29.2 Å². The zero-order valence-corrected chi connectivity index (χ0v) is 14.8. The summed E-state index contributed by atoms with van der Waals surface area (Å²) in [6.45, 7) is 1.68. The van der Waals surface area contributed by atoms with Crippen molar-refractivity contribution in [2.75, 3.05) is 27.2 Å². The van der Waals surface area contributed by atoms with Gasteiger partial charge in [0.05, 0.1) is 13.2 Å². The number of carbonyl (C=O) groups is 1. The Bertz CT molecular complexity index is 772. The van der Waals surface area contributed by atoms with E-state index in [1.54, 1.807) is 7.11 Å². The summed E-state index contributed by atoms with van der Waals surface area (Å²) < 4.78 is 5.32. The average Bonchev–Trinajstić information content (AvgIpc) is 2.78. The quantitative estimate of drug-likeness (QED) is 0.845. The van der Waals surface area contributed by atoms with Gasteiger partial charge in [-0.3, -0.25) is 9.69 Å². The minimum absolute atomic E-state index is 0.195. The standard InChI is InChI=1S/C21H24N2O2/c1-22-11-12-23-17(14-20(22)24)13-16-5-3-4-6-19(16)21(23)15-7-9-18(25-2)10-8-15/h3-10,17,21H,11-14H2,1-2H3. The number of amides is 1. The molecule has 2 unspecified atom stereocenters. The van der Waals surface area contributed by atoms with Gasteiger partial charge in [-0.1, -0.05) is 36.4 Å². The number of carbonyl (C=O) groups excluding carboxylic acids is 1. The van der Waals surface area contributed by atoms with E-state index in [0.717, 1.165) is 25.3 Å². The van der Waals surface area contributed by atoms with Gasteiger partial charge in [0.1, 0.15) is 5.75 Å². The van der Waals surface area contributed by atoms with Crippen LogP contribution in [0.5, 0.6) is 5.75 Å². The van der Waals surface area contributed by atoms with Crippen molar-refractivity contribution in [3.05, 3.63) is 65.2 Å². The first-order chi connectivity index (χ1) is 12.2. The molecule has 0 aromatic heterocycles. The van der Waals surface area contributed by atoms with Gasteiger partial charge in [0.15, 0.2) is 0 Å². The van der Waals surface area contributed by atoms with Crippen LogP contribution in [-0.2, 0) is 11.2 Å². The number of methoxy groups -OCH3 is 1. The van der Waals surface area contributed by atoms with Crippen molar-refractivity contribution in [1.29, 1.82) is 0 Å². The largest absolute Gasteiger partial charge is 0.497 e. The maximum Gasteiger partial charge on any atom is 0.223 e. The summed E-state index contributed by atoms with van der Waals surface area (Å²) in [5, 5.41) is 0. The monoisotopic (exact) mass is 336 g/mol. The Labute approximate surface area is 149 Å². The molecule has 25 heavy (non-hydrogen) atoms. The van der Waals surface area contributed by atoms with Crippen molar-refractivity contribution >= 4 is 5.91 Å². The summed E-state index contributed by atoms with van der Waals surface area (Å²) in [5.41, 5.74) is 3.98. The van der Waals surface area contributed by atoms with Gasteiger partial charge in [0.2, 0.25) is 5.91 Å². The minimum atomic E-state index is 0.195. The molecule has 2 aromatic rings. The van der Waals surface area contributed by atoms with Gasteiger partial charge in [0.25, 0.3) is 0 Å². The first-order valence-electron chi connectivity index (χ1n) is 8.89. The molecule has 2 aromatic carbocycles. The molecule has 1 saturated heterocycles. The summed E-state index contributed by atoms with van der Waals surface area (Å²) in [7, 11) is 3.60. The first kappa shape index (κ1) is 16.2. The highest BCUT2D eigenvalue weighted by atomic mass is 16.5. The zero-order chi connectivity index (χ0) is 17.4. The lowest BCUT2D eigenvalue weighted by Gasteiger charge is -2.42. The van der Waals surface area contributed by atoms with Crippen LogP contribution in [0.3, 0.4) is 0 Å². The second-order valence-corrected chi connectivity index (χ2v) is 6.99. The van der Waals surface area contributed by atoms with E-state index < -0.39 is 0 Å². The highest BCUT2D eigenvalue weighted by molar-refractivity contribution is 5.77. The Morgan fingerprint density at radius 2 is 1.76 bits per heavy atom. The van der Waals surface area contributed by atoms with E-state index in [4.69, 9.17) is 4.74 Å². The van der Waals surface area contributed by atoms with Crippen molar-refractivity contribution in [1.82, 2.24) is 9.80 Å². The Balaban J connectivity index is 1.78. The van der Waals surface area contributed by atoms with Crippen molar-refractivity contribution in [2.45, 2.75) is 24.9 Å². The summed E-state index contributed by atoms with van der Waals surface area (Å²) in [6.07, 6.45) is 1.54. The molecule has 4 heteroatoms. The third-order valence-corrected chi connectivity index (χ3v) is 5.57. The van der Waals surface area contributed by atoms with Gasteiger partial charge in [-0.2, -0.15) is 0 Å². The third kappa shape index (κ3) is 2.91. The lowest BCUT2D eigenvalue weighted by atomic mass is 9.84. The van der Waals surface area contributed by atoms with E-state index >= 15 is 0 Å². The molecule has 4 rings (SSSR count). The number of rotatable bonds is 2. The lowest BCUT2D eigenvalue weighted by Crippen LogP contribution is -2.44. The van der Waals surface area contributed by atoms with Crippen molar-refractivity contribution < 1.29 is 9.53 Å². The molecule has 0 saturated carbocycles. The molecule has 0 bridgehead atoms. The summed E-state index contributed by atoms with van der Waals surface area (Å²) in [6, 6.07) is 17.5. The number of benzene rings is 2. The Hall–Kier alpha value is -2.33. The molecule has 1 fully saturated rings. The van der Waals surface area contributed by atoms with Crippen LogP contribution in [-0.4, -0.2) is 49.0 Å². The van der Waals surface area contributed by atoms with Gasteiger partial charge >= 0.3 is 0 Å². The Morgan fingerprint density at radius 3 is 2.52 bits per heavy atom. The predicted molar refractivity (Wildman–Crippen MR) is 97.7 cm³/mol. The van der Waals surface area contributed by atoms with E-state index in [1.165, 1.54) is 16.7 Å². The van der Waals surface area contributed by atoms with Gasteiger partial charge < -0.3 is 9.64 Å². The van der Waals surface area contributed by atoms with E-state index in [1.807, 2.05) is 24.1 Å². The molecule has 1 amide bonds. The SMILES string of the molecule is COc1ccc(C2c3ccccc3CC3CC(=O)N(C)CCN32)cc1. The van der Waals surface area contributed by atoms with Crippen molar-refractivity contribution in [3.8, 4) is 5.75 Å². The molecule has 0 aliphatic carbocycles. The van der Waals surface area contributed by atoms with E-state index in [2.05, 4.69) is 41.3 Å². The summed E-state index contributed by atoms with van der Waals surface area (Å²) in [5.74, 6) is 1.12. The molecule has 2 heterocycles. The number of ether oxygens (including phenoxy) is 1. The Kier molecular flexibility index (Phi) is 4.22. The van der Waals surface area contributed by atoms with E-state index in [0.29, 0.717) is 6.42 Å². The molecule has 4 nitrogen and oxygen atoms in total. The molecule has 2 aliphatic rings. The minimum Gasteiger partial charge on any atom is -0.497 e. The van der Waals surface area contributed by atoms with Gasteiger partial charge in [-0.25, -0.2) is 0 Å². The second-order valence-electron chi connectivity index (χ2n) is 6.99. The number of likely N-dealkylation sites (N-methyl/N-ethyl adjacent to an activating group) is 1. The van der Waals surface area contributed by atoms with Gasteiger partial charge in [-0.15, -0.1) is 0 Å². The molecule has 0 spiro atoms. The number of fused-ring (bicyclic) bond motifs is 2. The number of nitrogens with zero attached hydrogens (tertiary/aromatic N) is 2. The number of hydrogen-bond acceptors (Lipinski definition) is 3. The smallest absolute Gasteiger partial charge is 0.223 e. The van der Waals surface area contributed by atoms with Crippen molar-refractivity contribution in [2.24, 2.45) is 0 Å². The van der Waals surface area contributed by atoms with Gasteiger partial charge in [-0.05, 0) is 35.2 Å². The average molecular weight is 336 g/mol. The van der Waals surface area contributed by atoms with Crippen LogP contribution in [0.2, 0.25) is 0 Å². The van der Waals surface area contributed by atoms with E-state index in [9.17, 15) is 4.79 Å². The van der Waals surface area contributed by atoms with Crippen LogP contribution in [0.15, 0.2) is 48.5 Å². The molecular weight excluding hydrogens is 312 g/mol. The number of hydrogen-bond donors (Lipinski definition) is 0. The van der Waals surface area contributed by atoms with Crippen LogP contribution in [0, 0.1) is 0 Å². The molecule has 0 radical (unpaired) electrons. The molecule has 2 aliphatic heterocycles. The topological polar surface area (TPSA) is 32.8 Å². The highest BCUT2D eigenvalue weighted by Crippen LogP contribution is 2.39. The van der Waals surface area contributed by atoms with Crippen LogP contribution in [0.25, 0.3) is 0 Å². The fraction of sp³-hybridized carbons (Fsp3) is 0.381. The molecule has 2 atom stereocenters.